The van der Waals surface area contributed by atoms with E-state index in [1.54, 1.807) is 43.7 Å². The number of nitrogens with one attached hydrogen (secondary N) is 1. The van der Waals surface area contributed by atoms with E-state index in [9.17, 15) is 4.79 Å². The molecule has 0 spiro atoms. The van der Waals surface area contributed by atoms with Crippen LogP contribution in [-0.4, -0.2) is 26.8 Å². The third-order valence-corrected chi connectivity index (χ3v) is 4.18. The molecule has 2 aromatic rings. The van der Waals surface area contributed by atoms with Gasteiger partial charge in [-0.25, -0.2) is 9.48 Å². The Morgan fingerprint density at radius 2 is 2.12 bits per heavy atom. The Bertz CT molecular complexity index is 829. The van der Waals surface area contributed by atoms with Crippen molar-refractivity contribution in [2.75, 3.05) is 5.32 Å². The predicted octanol–water partition coefficient (Wildman–Crippen LogP) is 3.83. The second kappa shape index (κ2) is 6.45. The van der Waals surface area contributed by atoms with E-state index < -0.39 is 12.0 Å². The number of benzene rings is 1. The fraction of sp³-hybridized carbons (Fsp3) is 0.312. The van der Waals surface area contributed by atoms with Gasteiger partial charge in [0.1, 0.15) is 12.4 Å². The molecular formula is C16H16Cl2N4O2. The molecule has 1 aliphatic rings. The summed E-state index contributed by atoms with van der Waals surface area (Å²) in [5, 5.41) is 8.27. The minimum absolute atomic E-state index is 0.240. The van der Waals surface area contributed by atoms with E-state index in [1.807, 2.05) is 0 Å². The fourth-order valence-electron chi connectivity index (χ4n) is 2.64. The van der Waals surface area contributed by atoms with Crippen LogP contribution in [0.25, 0.3) is 0 Å². The van der Waals surface area contributed by atoms with Crippen molar-refractivity contribution in [2.45, 2.75) is 32.9 Å². The molecule has 0 unspecified atom stereocenters. The fourth-order valence-corrected chi connectivity index (χ4v) is 3.16. The van der Waals surface area contributed by atoms with Crippen LogP contribution >= 0.6 is 23.2 Å². The Kier molecular flexibility index (Phi) is 4.51. The van der Waals surface area contributed by atoms with Gasteiger partial charge in [-0.2, -0.15) is 10.1 Å². The Labute approximate surface area is 149 Å². The molecule has 8 heteroatoms. The first-order valence-corrected chi connectivity index (χ1v) is 8.17. The number of nitrogens with zero attached hydrogens (tertiary/aromatic N) is 3. The van der Waals surface area contributed by atoms with Gasteiger partial charge < -0.3 is 10.1 Å². The van der Waals surface area contributed by atoms with Gasteiger partial charge in [0.05, 0.1) is 11.7 Å². The summed E-state index contributed by atoms with van der Waals surface area (Å²) in [7, 11) is 0. The molecule has 0 amide bonds. The van der Waals surface area contributed by atoms with Crippen molar-refractivity contribution in [2.24, 2.45) is 0 Å². The molecule has 24 heavy (non-hydrogen) atoms. The molecule has 3 rings (SSSR count). The summed E-state index contributed by atoms with van der Waals surface area (Å²) in [6.45, 7) is 5.40. The lowest BCUT2D eigenvalue weighted by molar-refractivity contribution is -0.143. The molecule has 0 fully saturated rings. The molecule has 0 bridgehead atoms. The number of halogens is 2. The minimum Gasteiger partial charge on any atom is -0.459 e. The number of carbonyl (C=O) groups excluding carboxylic acids is 1. The van der Waals surface area contributed by atoms with Gasteiger partial charge in [-0.05, 0) is 32.9 Å². The van der Waals surface area contributed by atoms with Crippen molar-refractivity contribution < 1.29 is 9.53 Å². The molecule has 0 saturated heterocycles. The zero-order valence-electron chi connectivity index (χ0n) is 13.4. The molecular weight excluding hydrogens is 351 g/mol. The van der Waals surface area contributed by atoms with Gasteiger partial charge >= 0.3 is 5.97 Å². The molecule has 1 N–H and O–H groups in total. The van der Waals surface area contributed by atoms with E-state index in [-0.39, 0.29) is 6.10 Å². The maximum atomic E-state index is 12.7. The van der Waals surface area contributed by atoms with Crippen LogP contribution in [0.1, 0.15) is 32.4 Å². The number of hydrogen-bond donors (Lipinski definition) is 1. The SMILES string of the molecule is CC1=C(C(=O)OC(C)C)[C@@H](c2ccc(Cl)cc2Cl)n2ncnc2N1. The lowest BCUT2D eigenvalue weighted by Crippen LogP contribution is -2.30. The van der Waals surface area contributed by atoms with Crippen molar-refractivity contribution >= 4 is 35.1 Å². The van der Waals surface area contributed by atoms with Gasteiger partial charge in [-0.15, -0.1) is 0 Å². The zero-order chi connectivity index (χ0) is 17.4. The average Bonchev–Trinajstić information content (AvgIpc) is 2.93. The first-order valence-electron chi connectivity index (χ1n) is 7.41. The molecule has 0 aliphatic carbocycles. The van der Waals surface area contributed by atoms with Gasteiger partial charge in [0, 0.05) is 21.3 Å². The first-order chi connectivity index (χ1) is 11.4. The van der Waals surface area contributed by atoms with Crippen molar-refractivity contribution in [3.63, 3.8) is 0 Å². The molecule has 0 saturated carbocycles. The van der Waals surface area contributed by atoms with E-state index >= 15 is 0 Å². The Balaban J connectivity index is 2.16. The number of hydrogen-bond acceptors (Lipinski definition) is 5. The second-order valence-corrected chi connectivity index (χ2v) is 6.56. The van der Waals surface area contributed by atoms with E-state index in [0.717, 1.165) is 0 Å². The van der Waals surface area contributed by atoms with Crippen LogP contribution in [0.5, 0.6) is 0 Å². The summed E-state index contributed by atoms with van der Waals surface area (Å²) >= 11 is 12.4. The van der Waals surface area contributed by atoms with E-state index in [1.165, 1.54) is 6.33 Å². The van der Waals surface area contributed by atoms with Crippen molar-refractivity contribution in [1.29, 1.82) is 0 Å². The quantitative estimate of drug-likeness (QED) is 0.836. The third-order valence-electron chi connectivity index (χ3n) is 3.61. The highest BCUT2D eigenvalue weighted by Gasteiger charge is 2.35. The van der Waals surface area contributed by atoms with Gasteiger partial charge in [-0.1, -0.05) is 29.3 Å². The number of anilines is 1. The van der Waals surface area contributed by atoms with Crippen LogP contribution < -0.4 is 5.32 Å². The minimum atomic E-state index is -0.542. The Morgan fingerprint density at radius 3 is 2.79 bits per heavy atom. The number of aromatic nitrogens is 3. The van der Waals surface area contributed by atoms with E-state index in [4.69, 9.17) is 27.9 Å². The van der Waals surface area contributed by atoms with E-state index in [2.05, 4.69) is 15.4 Å². The van der Waals surface area contributed by atoms with Gasteiger partial charge in [-0.3, -0.25) is 0 Å². The van der Waals surface area contributed by atoms with Gasteiger partial charge in [0.25, 0.3) is 0 Å². The number of ether oxygens (including phenoxy) is 1. The standard InChI is InChI=1S/C16H16Cl2N4O2/c1-8(2)24-15(23)13-9(3)21-16-19-7-20-22(16)14(13)11-5-4-10(17)6-12(11)18/h4-8,14H,1-3H3,(H,19,20,21)/t14-/m1/s1. The van der Waals surface area contributed by atoms with Gasteiger partial charge in [0.15, 0.2) is 0 Å². The van der Waals surface area contributed by atoms with Crippen molar-refractivity contribution in [1.82, 2.24) is 14.8 Å². The maximum Gasteiger partial charge on any atom is 0.338 e. The van der Waals surface area contributed by atoms with Crippen molar-refractivity contribution in [3.05, 3.63) is 51.4 Å². The number of rotatable bonds is 3. The number of fused-ring (bicyclic) bond motifs is 1. The summed E-state index contributed by atoms with van der Waals surface area (Å²) in [5.74, 6) is 0.108. The summed E-state index contributed by atoms with van der Waals surface area (Å²) in [6, 6.07) is 4.60. The Hall–Kier alpha value is -2.05. The lowest BCUT2D eigenvalue weighted by atomic mass is 9.95. The third kappa shape index (κ3) is 2.99. The summed E-state index contributed by atoms with van der Waals surface area (Å²) in [4.78, 5) is 16.8. The molecule has 126 valence electrons. The van der Waals surface area contributed by atoms with Crippen LogP contribution in [0.15, 0.2) is 35.8 Å². The monoisotopic (exact) mass is 366 g/mol. The topological polar surface area (TPSA) is 69.0 Å². The summed E-state index contributed by atoms with van der Waals surface area (Å²) in [5.41, 5.74) is 1.78. The summed E-state index contributed by atoms with van der Waals surface area (Å²) in [6.07, 6.45) is 1.18. The van der Waals surface area contributed by atoms with Crippen LogP contribution in [0, 0.1) is 0 Å². The molecule has 1 aliphatic heterocycles. The lowest BCUT2D eigenvalue weighted by Gasteiger charge is -2.29. The molecule has 1 aromatic heterocycles. The normalized spacial score (nSPS) is 16.8. The molecule has 1 aromatic carbocycles. The summed E-state index contributed by atoms with van der Waals surface area (Å²) < 4.78 is 7.01. The molecule has 0 radical (unpaired) electrons. The Morgan fingerprint density at radius 1 is 1.38 bits per heavy atom. The highest BCUT2D eigenvalue weighted by molar-refractivity contribution is 6.35. The maximum absolute atomic E-state index is 12.7. The smallest absolute Gasteiger partial charge is 0.338 e. The van der Waals surface area contributed by atoms with Crippen LogP contribution in [0.2, 0.25) is 10.0 Å². The number of allylic oxidation sites excluding steroid dienone is 1. The zero-order valence-corrected chi connectivity index (χ0v) is 14.9. The highest BCUT2D eigenvalue weighted by Crippen LogP contribution is 2.38. The first kappa shape index (κ1) is 16.8. The molecule has 6 nitrogen and oxygen atoms in total. The van der Waals surface area contributed by atoms with E-state index in [0.29, 0.717) is 32.8 Å². The van der Waals surface area contributed by atoms with Crippen molar-refractivity contribution in [3.8, 4) is 0 Å². The van der Waals surface area contributed by atoms with Crippen LogP contribution in [-0.2, 0) is 9.53 Å². The largest absolute Gasteiger partial charge is 0.459 e. The molecule has 2 heterocycles. The predicted molar refractivity (Wildman–Crippen MR) is 92.2 cm³/mol. The average molecular weight is 367 g/mol. The second-order valence-electron chi connectivity index (χ2n) is 5.71. The highest BCUT2D eigenvalue weighted by atomic mass is 35.5. The van der Waals surface area contributed by atoms with Gasteiger partial charge in [0.2, 0.25) is 5.95 Å². The number of esters is 1. The van der Waals surface area contributed by atoms with Crippen LogP contribution in [0.3, 0.4) is 0 Å². The van der Waals surface area contributed by atoms with Crippen LogP contribution in [0.4, 0.5) is 5.95 Å². The number of carbonyl (C=O) groups is 1. The molecule has 1 atom stereocenters.